The van der Waals surface area contributed by atoms with Gasteiger partial charge in [-0.15, -0.1) is 0 Å². The lowest BCUT2D eigenvalue weighted by Crippen LogP contribution is -2.42. The molecular formula is C18H18BrNO2. The van der Waals surface area contributed by atoms with Gasteiger partial charge in [0.15, 0.2) is 0 Å². The summed E-state index contributed by atoms with van der Waals surface area (Å²) in [6.07, 6.45) is 0.626. The summed E-state index contributed by atoms with van der Waals surface area (Å²) in [7, 11) is 0. The predicted octanol–water partition coefficient (Wildman–Crippen LogP) is 4.11. The molecule has 0 heterocycles. The second-order valence-corrected chi connectivity index (χ2v) is 6.78. The van der Waals surface area contributed by atoms with Crippen molar-refractivity contribution in [1.29, 1.82) is 0 Å². The quantitative estimate of drug-likeness (QED) is 0.844. The zero-order valence-corrected chi connectivity index (χ0v) is 13.9. The molecule has 3 atom stereocenters. The van der Waals surface area contributed by atoms with E-state index in [1.807, 2.05) is 61.5 Å². The lowest BCUT2D eigenvalue weighted by atomic mass is 10.0. The molecule has 3 rings (SSSR count). The van der Waals surface area contributed by atoms with Crippen molar-refractivity contribution in [3.05, 3.63) is 70.2 Å². The fraction of sp³-hybridized carbons (Fsp3) is 0.278. The SMILES string of the molecule is C[C@@H](NC1(C(=O)O)CC1c1ccc(Br)cc1)c1ccccc1. The zero-order valence-electron chi connectivity index (χ0n) is 12.3. The van der Waals surface area contributed by atoms with Crippen LogP contribution in [0.2, 0.25) is 0 Å². The summed E-state index contributed by atoms with van der Waals surface area (Å²) in [6.45, 7) is 2.01. The van der Waals surface area contributed by atoms with E-state index in [-0.39, 0.29) is 12.0 Å². The summed E-state index contributed by atoms with van der Waals surface area (Å²) < 4.78 is 1.00. The van der Waals surface area contributed by atoms with E-state index >= 15 is 0 Å². The van der Waals surface area contributed by atoms with Crippen molar-refractivity contribution in [2.24, 2.45) is 0 Å². The molecule has 0 spiro atoms. The highest BCUT2D eigenvalue weighted by Crippen LogP contribution is 2.52. The Morgan fingerprint density at radius 3 is 2.45 bits per heavy atom. The first-order valence-corrected chi connectivity index (χ1v) is 8.14. The molecule has 1 saturated carbocycles. The average Bonchev–Trinajstić information content (AvgIpc) is 3.24. The second-order valence-electron chi connectivity index (χ2n) is 5.86. The predicted molar refractivity (Wildman–Crippen MR) is 89.9 cm³/mol. The minimum atomic E-state index is -0.858. The Balaban J connectivity index is 1.80. The molecule has 2 aromatic carbocycles. The van der Waals surface area contributed by atoms with Gasteiger partial charge in [0, 0.05) is 16.4 Å². The van der Waals surface area contributed by atoms with Gasteiger partial charge in [0.2, 0.25) is 0 Å². The molecule has 2 aromatic rings. The number of hydrogen-bond donors (Lipinski definition) is 2. The monoisotopic (exact) mass is 359 g/mol. The fourth-order valence-corrected chi connectivity index (χ4v) is 3.29. The summed E-state index contributed by atoms with van der Waals surface area (Å²) in [5.74, 6) is -0.757. The molecule has 0 amide bonds. The van der Waals surface area contributed by atoms with Gasteiger partial charge in [0.05, 0.1) is 0 Å². The second kappa shape index (κ2) is 5.86. The first-order chi connectivity index (χ1) is 10.5. The molecule has 22 heavy (non-hydrogen) atoms. The molecule has 3 nitrogen and oxygen atoms in total. The van der Waals surface area contributed by atoms with Gasteiger partial charge in [-0.2, -0.15) is 0 Å². The molecule has 1 aliphatic carbocycles. The highest BCUT2D eigenvalue weighted by molar-refractivity contribution is 9.10. The van der Waals surface area contributed by atoms with Crippen LogP contribution >= 0.6 is 15.9 Å². The minimum absolute atomic E-state index is 0.00208. The van der Waals surface area contributed by atoms with Gasteiger partial charge in [0.1, 0.15) is 5.54 Å². The van der Waals surface area contributed by atoms with Gasteiger partial charge in [0.25, 0.3) is 0 Å². The first-order valence-electron chi connectivity index (χ1n) is 7.34. The molecule has 0 aromatic heterocycles. The minimum Gasteiger partial charge on any atom is -0.480 e. The van der Waals surface area contributed by atoms with Crippen LogP contribution in [0.3, 0.4) is 0 Å². The van der Waals surface area contributed by atoms with Crippen LogP contribution in [0.1, 0.15) is 36.4 Å². The molecule has 0 bridgehead atoms. The Morgan fingerprint density at radius 1 is 1.23 bits per heavy atom. The summed E-state index contributed by atoms with van der Waals surface area (Å²) in [4.78, 5) is 11.8. The van der Waals surface area contributed by atoms with Crippen molar-refractivity contribution in [3.63, 3.8) is 0 Å². The van der Waals surface area contributed by atoms with Gasteiger partial charge < -0.3 is 5.11 Å². The summed E-state index contributed by atoms with van der Waals surface area (Å²) in [6, 6.07) is 17.8. The van der Waals surface area contributed by atoms with Gasteiger partial charge in [-0.25, -0.2) is 0 Å². The van der Waals surface area contributed by atoms with Crippen LogP contribution in [0, 0.1) is 0 Å². The molecular weight excluding hydrogens is 342 g/mol. The molecule has 114 valence electrons. The number of carbonyl (C=O) groups is 1. The highest BCUT2D eigenvalue weighted by Gasteiger charge is 2.61. The van der Waals surface area contributed by atoms with Crippen molar-refractivity contribution >= 4 is 21.9 Å². The Labute approximate surface area is 138 Å². The van der Waals surface area contributed by atoms with E-state index in [0.29, 0.717) is 6.42 Å². The largest absolute Gasteiger partial charge is 0.480 e. The van der Waals surface area contributed by atoms with E-state index in [2.05, 4.69) is 21.2 Å². The number of carboxylic acid groups (broad SMARTS) is 1. The van der Waals surface area contributed by atoms with Gasteiger partial charge in [-0.1, -0.05) is 58.4 Å². The molecule has 0 saturated heterocycles. The van der Waals surface area contributed by atoms with E-state index in [4.69, 9.17) is 0 Å². The number of aliphatic carboxylic acids is 1. The van der Waals surface area contributed by atoms with Gasteiger partial charge >= 0.3 is 5.97 Å². The summed E-state index contributed by atoms with van der Waals surface area (Å²) in [5, 5.41) is 13.0. The Morgan fingerprint density at radius 2 is 1.86 bits per heavy atom. The topological polar surface area (TPSA) is 49.3 Å². The Hall–Kier alpha value is -1.65. The maximum Gasteiger partial charge on any atom is 0.324 e. The van der Waals surface area contributed by atoms with Crippen molar-refractivity contribution < 1.29 is 9.90 Å². The van der Waals surface area contributed by atoms with E-state index < -0.39 is 11.5 Å². The van der Waals surface area contributed by atoms with Crippen LogP contribution in [0.15, 0.2) is 59.1 Å². The maximum atomic E-state index is 11.8. The van der Waals surface area contributed by atoms with Crippen LogP contribution < -0.4 is 5.32 Å². The fourth-order valence-electron chi connectivity index (χ4n) is 3.03. The van der Waals surface area contributed by atoms with Crippen molar-refractivity contribution in [3.8, 4) is 0 Å². The van der Waals surface area contributed by atoms with Gasteiger partial charge in [-0.05, 0) is 36.6 Å². The normalized spacial score (nSPS) is 24.7. The van der Waals surface area contributed by atoms with Crippen LogP contribution in [-0.2, 0) is 4.79 Å². The Kier molecular flexibility index (Phi) is 4.06. The third-order valence-electron chi connectivity index (χ3n) is 4.39. The van der Waals surface area contributed by atoms with Crippen molar-refractivity contribution in [2.75, 3.05) is 0 Å². The Bertz CT molecular complexity index is 671. The number of benzene rings is 2. The van der Waals surface area contributed by atoms with Crippen LogP contribution in [0.5, 0.6) is 0 Å². The van der Waals surface area contributed by atoms with E-state index in [1.165, 1.54) is 0 Å². The number of rotatable bonds is 5. The number of nitrogens with one attached hydrogen (secondary N) is 1. The van der Waals surface area contributed by atoms with Gasteiger partial charge in [-0.3, -0.25) is 10.1 Å². The van der Waals surface area contributed by atoms with Crippen molar-refractivity contribution in [1.82, 2.24) is 5.32 Å². The van der Waals surface area contributed by atoms with Crippen LogP contribution in [-0.4, -0.2) is 16.6 Å². The first kappa shape index (κ1) is 15.3. The number of hydrogen-bond acceptors (Lipinski definition) is 2. The zero-order chi connectivity index (χ0) is 15.7. The summed E-state index contributed by atoms with van der Waals surface area (Å²) >= 11 is 3.41. The summed E-state index contributed by atoms with van der Waals surface area (Å²) in [5.41, 5.74) is 1.31. The van der Waals surface area contributed by atoms with Crippen LogP contribution in [0.25, 0.3) is 0 Å². The smallest absolute Gasteiger partial charge is 0.324 e. The standard InChI is InChI=1S/C18H18BrNO2/c1-12(13-5-3-2-4-6-13)20-18(17(21)22)11-16(18)14-7-9-15(19)10-8-14/h2-10,12,16,20H,11H2,1H3,(H,21,22)/t12-,16?,18?/m1/s1. The third kappa shape index (κ3) is 2.81. The molecule has 1 fully saturated rings. The van der Waals surface area contributed by atoms with Crippen LogP contribution in [0.4, 0.5) is 0 Å². The molecule has 0 radical (unpaired) electrons. The highest BCUT2D eigenvalue weighted by atomic mass is 79.9. The maximum absolute atomic E-state index is 11.8. The number of carboxylic acids is 1. The molecule has 0 aliphatic heterocycles. The van der Waals surface area contributed by atoms with Crippen molar-refractivity contribution in [2.45, 2.75) is 30.8 Å². The lowest BCUT2D eigenvalue weighted by molar-refractivity contribution is -0.141. The number of halogens is 1. The molecule has 4 heteroatoms. The van der Waals surface area contributed by atoms with E-state index in [9.17, 15) is 9.90 Å². The molecule has 1 aliphatic rings. The average molecular weight is 360 g/mol. The third-order valence-corrected chi connectivity index (χ3v) is 4.92. The molecule has 2 N–H and O–H groups in total. The van der Waals surface area contributed by atoms with E-state index in [1.54, 1.807) is 0 Å². The lowest BCUT2D eigenvalue weighted by Gasteiger charge is -2.21. The molecule has 2 unspecified atom stereocenters. The van der Waals surface area contributed by atoms with E-state index in [0.717, 1.165) is 15.6 Å².